The number of halogens is 2. The van der Waals surface area contributed by atoms with E-state index in [0.717, 1.165) is 4.90 Å². The summed E-state index contributed by atoms with van der Waals surface area (Å²) in [6, 6.07) is 11.6. The van der Waals surface area contributed by atoms with Gasteiger partial charge >= 0.3 is 0 Å². The molecule has 0 spiro atoms. The van der Waals surface area contributed by atoms with Gasteiger partial charge in [0.2, 0.25) is 0 Å². The summed E-state index contributed by atoms with van der Waals surface area (Å²) in [5.41, 5.74) is 0.488. The number of amides is 2. The fourth-order valence-corrected chi connectivity index (χ4v) is 2.99. The van der Waals surface area contributed by atoms with E-state index in [1.807, 2.05) is 0 Å². The first kappa shape index (κ1) is 18.0. The van der Waals surface area contributed by atoms with Gasteiger partial charge in [0.05, 0.1) is 31.9 Å². The molecule has 3 rings (SSSR count). The zero-order valence-electron chi connectivity index (χ0n) is 14.2. The van der Waals surface area contributed by atoms with E-state index >= 15 is 0 Å². The Labute approximate surface area is 150 Å². The van der Waals surface area contributed by atoms with Gasteiger partial charge in [0.25, 0.3) is 11.8 Å². The van der Waals surface area contributed by atoms with E-state index in [0.29, 0.717) is 31.7 Å². The highest BCUT2D eigenvalue weighted by Gasteiger charge is 2.26. The molecule has 0 radical (unpaired) electrons. The van der Waals surface area contributed by atoms with Crippen molar-refractivity contribution < 1.29 is 23.3 Å². The predicted octanol–water partition coefficient (Wildman–Crippen LogP) is 0.944. The maximum absolute atomic E-state index is 13.6. The first-order chi connectivity index (χ1) is 12.5. The van der Waals surface area contributed by atoms with Gasteiger partial charge in [0, 0.05) is 5.56 Å². The fourth-order valence-electron chi connectivity index (χ4n) is 2.99. The van der Waals surface area contributed by atoms with Crippen molar-refractivity contribution in [2.75, 3.05) is 38.0 Å². The molecule has 0 atom stereocenters. The van der Waals surface area contributed by atoms with Crippen molar-refractivity contribution in [1.82, 2.24) is 4.90 Å². The second-order valence-electron chi connectivity index (χ2n) is 6.26. The third-order valence-electron chi connectivity index (χ3n) is 4.39. The lowest BCUT2D eigenvalue weighted by Crippen LogP contribution is -3.15. The predicted molar refractivity (Wildman–Crippen MR) is 92.9 cm³/mol. The zero-order chi connectivity index (χ0) is 18.5. The standard InChI is InChI=1S/C19H19F2N3O2/c20-15-5-3-4-14(12-15)19(26)24-10-8-23(9-11-24)13-18(25)22-17-7-2-1-6-16(17)21/h1-7,12H,8-11,13H2,(H,22,25)/p+1. The second-order valence-corrected chi connectivity index (χ2v) is 6.26. The Morgan fingerprint density at radius 2 is 1.77 bits per heavy atom. The number of anilines is 1. The lowest BCUT2D eigenvalue weighted by atomic mass is 10.1. The number of nitrogens with zero attached hydrogens (tertiary/aromatic N) is 1. The van der Waals surface area contributed by atoms with Gasteiger partial charge in [-0.05, 0) is 30.3 Å². The molecule has 1 heterocycles. The molecule has 1 saturated heterocycles. The number of piperazine rings is 1. The summed E-state index contributed by atoms with van der Waals surface area (Å²) in [6.07, 6.45) is 0. The quantitative estimate of drug-likeness (QED) is 0.853. The minimum atomic E-state index is -0.471. The number of hydrogen-bond donors (Lipinski definition) is 2. The summed E-state index contributed by atoms with van der Waals surface area (Å²) >= 11 is 0. The molecule has 2 aromatic rings. The van der Waals surface area contributed by atoms with Gasteiger partial charge in [-0.2, -0.15) is 0 Å². The molecular weight excluding hydrogens is 340 g/mol. The summed E-state index contributed by atoms with van der Waals surface area (Å²) < 4.78 is 26.8. The van der Waals surface area contributed by atoms with Gasteiger partial charge in [-0.1, -0.05) is 18.2 Å². The third-order valence-corrected chi connectivity index (χ3v) is 4.39. The van der Waals surface area contributed by atoms with Gasteiger partial charge in [-0.15, -0.1) is 0 Å². The molecule has 5 nitrogen and oxygen atoms in total. The Morgan fingerprint density at radius 1 is 1.04 bits per heavy atom. The van der Waals surface area contributed by atoms with Crippen LogP contribution in [0, 0.1) is 11.6 Å². The van der Waals surface area contributed by atoms with Crippen molar-refractivity contribution in [3.8, 4) is 0 Å². The molecule has 0 aliphatic carbocycles. The molecule has 1 aliphatic heterocycles. The number of hydrogen-bond acceptors (Lipinski definition) is 2. The SMILES string of the molecule is O=C(C[NH+]1CCN(C(=O)c2cccc(F)c2)CC1)Nc1ccccc1F. The average molecular weight is 360 g/mol. The molecule has 0 aromatic heterocycles. The Morgan fingerprint density at radius 3 is 2.46 bits per heavy atom. The van der Waals surface area contributed by atoms with Gasteiger partial charge in [-0.25, -0.2) is 8.78 Å². The molecule has 0 saturated carbocycles. The Balaban J connectivity index is 1.50. The summed E-state index contributed by atoms with van der Waals surface area (Å²) in [6.45, 7) is 2.38. The van der Waals surface area contributed by atoms with Gasteiger partial charge < -0.3 is 15.1 Å². The van der Waals surface area contributed by atoms with Gasteiger partial charge in [0.1, 0.15) is 11.6 Å². The Bertz CT molecular complexity index is 805. The lowest BCUT2D eigenvalue weighted by molar-refractivity contribution is -0.895. The number of quaternary nitrogens is 1. The van der Waals surface area contributed by atoms with Crippen LogP contribution < -0.4 is 10.2 Å². The van der Waals surface area contributed by atoms with Crippen molar-refractivity contribution in [3.63, 3.8) is 0 Å². The topological polar surface area (TPSA) is 53.9 Å². The average Bonchev–Trinajstić information content (AvgIpc) is 2.64. The molecular formula is C19H20F2N3O2+. The van der Waals surface area contributed by atoms with E-state index < -0.39 is 11.6 Å². The van der Waals surface area contributed by atoms with Crippen LogP contribution in [0.25, 0.3) is 0 Å². The smallest absolute Gasteiger partial charge is 0.279 e. The summed E-state index contributed by atoms with van der Waals surface area (Å²) in [5.74, 6) is -1.39. The summed E-state index contributed by atoms with van der Waals surface area (Å²) in [5, 5.41) is 2.57. The number of carbonyl (C=O) groups is 2. The van der Waals surface area contributed by atoms with Crippen molar-refractivity contribution in [2.24, 2.45) is 0 Å². The molecule has 1 fully saturated rings. The van der Waals surface area contributed by atoms with E-state index in [9.17, 15) is 18.4 Å². The maximum Gasteiger partial charge on any atom is 0.279 e. The highest BCUT2D eigenvalue weighted by Crippen LogP contribution is 2.11. The highest BCUT2D eigenvalue weighted by atomic mass is 19.1. The number of nitrogens with one attached hydrogen (secondary N) is 2. The van der Waals surface area contributed by atoms with Gasteiger partial charge in [-0.3, -0.25) is 9.59 Å². The Hall–Kier alpha value is -2.80. The van der Waals surface area contributed by atoms with Crippen molar-refractivity contribution in [1.29, 1.82) is 0 Å². The van der Waals surface area contributed by atoms with Crippen molar-refractivity contribution >= 4 is 17.5 Å². The van der Waals surface area contributed by atoms with E-state index in [4.69, 9.17) is 0 Å². The molecule has 2 amide bonds. The van der Waals surface area contributed by atoms with E-state index in [1.54, 1.807) is 23.1 Å². The third kappa shape index (κ3) is 4.43. The summed E-state index contributed by atoms with van der Waals surface area (Å²) in [7, 11) is 0. The monoisotopic (exact) mass is 360 g/mol. The van der Waals surface area contributed by atoms with Crippen LogP contribution >= 0.6 is 0 Å². The summed E-state index contributed by atoms with van der Waals surface area (Å²) in [4.78, 5) is 27.2. The lowest BCUT2D eigenvalue weighted by Gasteiger charge is -2.32. The van der Waals surface area contributed by atoms with Crippen LogP contribution in [0.5, 0.6) is 0 Å². The van der Waals surface area contributed by atoms with Crippen LogP contribution in [0.1, 0.15) is 10.4 Å². The van der Waals surface area contributed by atoms with Crippen LogP contribution in [0.2, 0.25) is 0 Å². The molecule has 2 N–H and O–H groups in total. The number of para-hydroxylation sites is 1. The number of benzene rings is 2. The van der Waals surface area contributed by atoms with Crippen LogP contribution in [0.3, 0.4) is 0 Å². The second kappa shape index (κ2) is 8.05. The van der Waals surface area contributed by atoms with Crippen molar-refractivity contribution in [3.05, 3.63) is 65.7 Å². The van der Waals surface area contributed by atoms with Crippen LogP contribution in [-0.4, -0.2) is 49.4 Å². The van der Waals surface area contributed by atoms with Crippen molar-refractivity contribution in [2.45, 2.75) is 0 Å². The maximum atomic E-state index is 13.6. The Kier molecular flexibility index (Phi) is 5.58. The first-order valence-electron chi connectivity index (χ1n) is 8.46. The molecule has 2 aromatic carbocycles. The fraction of sp³-hybridized carbons (Fsp3) is 0.263. The van der Waals surface area contributed by atoms with E-state index in [2.05, 4.69) is 5.32 Å². The molecule has 7 heteroatoms. The van der Waals surface area contributed by atoms with E-state index in [1.165, 1.54) is 30.3 Å². The largest absolute Gasteiger partial charge is 0.327 e. The minimum Gasteiger partial charge on any atom is -0.327 e. The number of carbonyl (C=O) groups excluding carboxylic acids is 2. The highest BCUT2D eigenvalue weighted by molar-refractivity contribution is 5.94. The number of rotatable bonds is 4. The normalized spacial score (nSPS) is 14.9. The molecule has 1 aliphatic rings. The molecule has 0 unspecified atom stereocenters. The van der Waals surface area contributed by atoms with Crippen LogP contribution in [-0.2, 0) is 4.79 Å². The zero-order valence-corrected chi connectivity index (χ0v) is 14.2. The van der Waals surface area contributed by atoms with Gasteiger partial charge in [0.15, 0.2) is 6.54 Å². The minimum absolute atomic E-state index is 0.164. The molecule has 26 heavy (non-hydrogen) atoms. The molecule has 0 bridgehead atoms. The van der Waals surface area contributed by atoms with E-state index in [-0.39, 0.29) is 24.0 Å². The first-order valence-corrected chi connectivity index (χ1v) is 8.46. The van der Waals surface area contributed by atoms with Crippen LogP contribution in [0.4, 0.5) is 14.5 Å². The molecule has 136 valence electrons. The van der Waals surface area contributed by atoms with Crippen LogP contribution in [0.15, 0.2) is 48.5 Å².